The van der Waals surface area contributed by atoms with Crippen molar-refractivity contribution in [2.75, 3.05) is 9.80 Å². The summed E-state index contributed by atoms with van der Waals surface area (Å²) in [6, 6.07) is 97.9. The first-order chi connectivity index (χ1) is 35.0. The Kier molecular flexibility index (Phi) is 10.2. The van der Waals surface area contributed by atoms with Gasteiger partial charge < -0.3 is 9.80 Å². The number of benzene rings is 12. The van der Waals surface area contributed by atoms with Gasteiger partial charge in [-0.25, -0.2) is 0 Å². The van der Waals surface area contributed by atoms with Gasteiger partial charge in [0.15, 0.2) is 0 Å². The molecule has 0 aliphatic heterocycles. The van der Waals surface area contributed by atoms with Crippen LogP contribution in [0.5, 0.6) is 0 Å². The van der Waals surface area contributed by atoms with Gasteiger partial charge in [0.2, 0.25) is 0 Å². The SMILES string of the molecule is CC1(C)c2cc(N(c3ccccc3)c3ccc(-c4ccc(-c5ccccc5)cc4)cc3)ccc2-c2ccc(N(c3ccc(-c4cccc5ccccc45)cc3)c3cc4ccccc4c4ccccc34)cc21. The van der Waals surface area contributed by atoms with Gasteiger partial charge in [-0.3, -0.25) is 0 Å². The van der Waals surface area contributed by atoms with Gasteiger partial charge in [0.05, 0.1) is 5.69 Å². The minimum absolute atomic E-state index is 0.288. The van der Waals surface area contributed by atoms with Gasteiger partial charge in [-0.2, -0.15) is 0 Å². The second kappa shape index (κ2) is 17.2. The molecule has 336 valence electrons. The molecule has 0 aromatic heterocycles. The van der Waals surface area contributed by atoms with Crippen LogP contribution in [0, 0.1) is 0 Å². The summed E-state index contributed by atoms with van der Waals surface area (Å²) in [5.74, 6) is 0. The van der Waals surface area contributed by atoms with Crippen molar-refractivity contribution in [3.8, 4) is 44.5 Å². The largest absolute Gasteiger partial charge is 0.310 e. The van der Waals surface area contributed by atoms with Crippen molar-refractivity contribution in [3.05, 3.63) is 278 Å². The lowest BCUT2D eigenvalue weighted by atomic mass is 9.82. The maximum Gasteiger partial charge on any atom is 0.0546 e. The van der Waals surface area contributed by atoms with Crippen LogP contribution in [0.2, 0.25) is 0 Å². The van der Waals surface area contributed by atoms with Crippen molar-refractivity contribution < 1.29 is 0 Å². The topological polar surface area (TPSA) is 6.48 Å². The van der Waals surface area contributed by atoms with Crippen molar-refractivity contribution in [2.45, 2.75) is 19.3 Å². The second-order valence-electron chi connectivity index (χ2n) is 19.3. The Morgan fingerprint density at radius 1 is 0.254 bits per heavy atom. The zero-order chi connectivity index (χ0) is 47.5. The molecule has 0 saturated heterocycles. The number of hydrogen-bond acceptors (Lipinski definition) is 2. The van der Waals surface area contributed by atoms with Crippen molar-refractivity contribution in [1.82, 2.24) is 0 Å². The smallest absolute Gasteiger partial charge is 0.0546 e. The quantitative estimate of drug-likeness (QED) is 0.133. The maximum atomic E-state index is 2.48. The first kappa shape index (κ1) is 42.1. The molecule has 0 fully saturated rings. The fourth-order valence-corrected chi connectivity index (χ4v) is 11.2. The number of rotatable bonds is 9. The first-order valence-corrected chi connectivity index (χ1v) is 24.7. The van der Waals surface area contributed by atoms with Gasteiger partial charge in [0.1, 0.15) is 0 Å². The molecular weight excluding hydrogens is 857 g/mol. The Morgan fingerprint density at radius 3 is 1.31 bits per heavy atom. The van der Waals surface area contributed by atoms with E-state index in [1.807, 2.05) is 0 Å². The van der Waals surface area contributed by atoms with Crippen molar-refractivity contribution in [3.63, 3.8) is 0 Å². The van der Waals surface area contributed by atoms with Crippen molar-refractivity contribution in [2.24, 2.45) is 0 Å². The molecule has 0 unspecified atom stereocenters. The first-order valence-electron chi connectivity index (χ1n) is 24.7. The third-order valence-electron chi connectivity index (χ3n) is 14.8. The molecular formula is C69H50N2. The standard InChI is InChI=1S/C69H50N2/c1-69(2)66-45-57(70(54-21-7-4-8-22-54)55-36-32-50(33-37-55)49-30-28-48(29-31-49)47-16-5-3-6-17-47)40-42-63(66)64-43-41-58(46-67(64)69)71(68-44-53-19-10-12-24-61(53)62-25-13-14-26-65(62)68)56-38-34-52(35-39-56)60-27-15-20-51-18-9-11-23-59(51)60/h3-46H,1-2H3. The molecule has 0 saturated carbocycles. The number of nitrogens with zero attached hydrogens (tertiary/aromatic N) is 2. The molecule has 2 heteroatoms. The van der Waals surface area contributed by atoms with Crippen LogP contribution in [-0.4, -0.2) is 0 Å². The molecule has 0 amide bonds. The average Bonchev–Trinajstić information content (AvgIpc) is 3.66. The van der Waals surface area contributed by atoms with Crippen LogP contribution in [0.4, 0.5) is 34.1 Å². The van der Waals surface area contributed by atoms with Gasteiger partial charge in [-0.15, -0.1) is 0 Å². The van der Waals surface area contributed by atoms with E-state index in [1.165, 1.54) is 88.0 Å². The van der Waals surface area contributed by atoms with Crippen LogP contribution in [0.3, 0.4) is 0 Å². The van der Waals surface area contributed by atoms with Crippen LogP contribution >= 0.6 is 0 Å². The predicted octanol–water partition coefficient (Wildman–Crippen LogP) is 19.4. The van der Waals surface area contributed by atoms with E-state index in [0.717, 1.165) is 34.1 Å². The Morgan fingerprint density at radius 2 is 0.676 bits per heavy atom. The van der Waals surface area contributed by atoms with Gasteiger partial charge >= 0.3 is 0 Å². The van der Waals surface area contributed by atoms with E-state index in [1.54, 1.807) is 0 Å². The van der Waals surface area contributed by atoms with Gasteiger partial charge in [0.25, 0.3) is 0 Å². The third kappa shape index (κ3) is 7.35. The molecule has 0 spiro atoms. The van der Waals surface area contributed by atoms with Crippen molar-refractivity contribution in [1.29, 1.82) is 0 Å². The van der Waals surface area contributed by atoms with Crippen LogP contribution < -0.4 is 9.80 Å². The van der Waals surface area contributed by atoms with Gasteiger partial charge in [0, 0.05) is 39.2 Å². The summed E-state index contributed by atoms with van der Waals surface area (Å²) in [5, 5.41) is 7.44. The number of para-hydroxylation sites is 1. The van der Waals surface area contributed by atoms with Crippen LogP contribution in [-0.2, 0) is 5.41 Å². The van der Waals surface area contributed by atoms with E-state index in [2.05, 4.69) is 291 Å². The lowest BCUT2D eigenvalue weighted by molar-refractivity contribution is 0.660. The van der Waals surface area contributed by atoms with Gasteiger partial charge in [-0.05, 0) is 149 Å². The summed E-state index contributed by atoms with van der Waals surface area (Å²) >= 11 is 0. The minimum atomic E-state index is -0.288. The lowest BCUT2D eigenvalue weighted by Crippen LogP contribution is -2.17. The summed E-state index contributed by atoms with van der Waals surface area (Å²) in [6.45, 7) is 4.79. The molecule has 71 heavy (non-hydrogen) atoms. The van der Waals surface area contributed by atoms with Crippen LogP contribution in [0.1, 0.15) is 25.0 Å². The van der Waals surface area contributed by atoms with E-state index in [0.29, 0.717) is 0 Å². The molecule has 1 aliphatic rings. The number of fused-ring (bicyclic) bond motifs is 7. The highest BCUT2D eigenvalue weighted by molar-refractivity contribution is 6.14. The normalized spacial score (nSPS) is 12.5. The van der Waals surface area contributed by atoms with E-state index in [4.69, 9.17) is 0 Å². The predicted molar refractivity (Wildman–Crippen MR) is 302 cm³/mol. The summed E-state index contributed by atoms with van der Waals surface area (Å²) in [4.78, 5) is 4.87. The number of hydrogen-bond donors (Lipinski definition) is 0. The maximum absolute atomic E-state index is 2.48. The van der Waals surface area contributed by atoms with Gasteiger partial charge in [-0.1, -0.05) is 214 Å². The highest BCUT2D eigenvalue weighted by Crippen LogP contribution is 2.53. The average molecular weight is 907 g/mol. The number of anilines is 6. The summed E-state index contributed by atoms with van der Waals surface area (Å²) < 4.78 is 0. The highest BCUT2D eigenvalue weighted by Gasteiger charge is 2.37. The third-order valence-corrected chi connectivity index (χ3v) is 14.8. The molecule has 0 atom stereocenters. The van der Waals surface area contributed by atoms with Crippen LogP contribution in [0.25, 0.3) is 76.8 Å². The van der Waals surface area contributed by atoms with Crippen molar-refractivity contribution >= 4 is 66.4 Å². The molecule has 0 N–H and O–H groups in total. The molecule has 2 nitrogen and oxygen atoms in total. The van der Waals surface area contributed by atoms with E-state index in [9.17, 15) is 0 Å². The molecule has 0 heterocycles. The lowest BCUT2D eigenvalue weighted by Gasteiger charge is -2.30. The molecule has 12 aromatic carbocycles. The molecule has 1 aliphatic carbocycles. The molecule has 0 bridgehead atoms. The highest BCUT2D eigenvalue weighted by atomic mass is 15.1. The Balaban J connectivity index is 0.893. The zero-order valence-electron chi connectivity index (χ0n) is 39.8. The fourth-order valence-electron chi connectivity index (χ4n) is 11.2. The van der Waals surface area contributed by atoms with E-state index in [-0.39, 0.29) is 5.41 Å². The van der Waals surface area contributed by atoms with E-state index < -0.39 is 0 Å². The monoisotopic (exact) mass is 906 g/mol. The molecule has 13 rings (SSSR count). The minimum Gasteiger partial charge on any atom is -0.310 e. The summed E-state index contributed by atoms with van der Waals surface area (Å²) in [5.41, 5.74) is 18.9. The van der Waals surface area contributed by atoms with Crippen LogP contribution in [0.15, 0.2) is 267 Å². The Hall–Kier alpha value is -8.98. The summed E-state index contributed by atoms with van der Waals surface area (Å²) in [6.07, 6.45) is 0. The molecule has 12 aromatic rings. The Labute approximate surface area is 416 Å². The Bertz CT molecular complexity index is 3920. The zero-order valence-corrected chi connectivity index (χ0v) is 39.8. The fraction of sp³-hybridized carbons (Fsp3) is 0.0435. The van der Waals surface area contributed by atoms with E-state index >= 15 is 0 Å². The second-order valence-corrected chi connectivity index (χ2v) is 19.3. The molecule has 0 radical (unpaired) electrons. The summed E-state index contributed by atoms with van der Waals surface area (Å²) in [7, 11) is 0.